The van der Waals surface area contributed by atoms with E-state index in [9.17, 15) is 4.79 Å². The molecule has 144 valence electrons. The van der Waals surface area contributed by atoms with Gasteiger partial charge in [-0.2, -0.15) is 0 Å². The topological polar surface area (TPSA) is 57.7 Å². The standard InChI is InChI=1S/C21H28N4O2/c1-17(25-11-13-27-14-12-25)16-24(2)21(26)19-8-3-4-9-20(19)23-15-18-7-5-6-10-22-18/h3-10,17,23H,11-16H2,1-2H3. The molecule has 1 aliphatic rings. The lowest BCUT2D eigenvalue weighted by molar-refractivity contribution is 0.0142. The Kier molecular flexibility index (Phi) is 6.79. The Morgan fingerprint density at radius 1 is 1.22 bits per heavy atom. The highest BCUT2D eigenvalue weighted by molar-refractivity contribution is 5.99. The molecule has 6 heteroatoms. The number of benzene rings is 1. The Morgan fingerprint density at radius 3 is 2.70 bits per heavy atom. The fraction of sp³-hybridized carbons (Fsp3) is 0.429. The molecule has 1 amide bonds. The monoisotopic (exact) mass is 368 g/mol. The highest BCUT2D eigenvalue weighted by atomic mass is 16.5. The van der Waals surface area contributed by atoms with Crippen molar-refractivity contribution < 1.29 is 9.53 Å². The summed E-state index contributed by atoms with van der Waals surface area (Å²) >= 11 is 0. The van der Waals surface area contributed by atoms with Crippen LogP contribution < -0.4 is 5.32 Å². The number of para-hydroxylation sites is 1. The molecule has 3 rings (SSSR count). The Morgan fingerprint density at radius 2 is 1.96 bits per heavy atom. The van der Waals surface area contributed by atoms with Crippen LogP contribution in [0.5, 0.6) is 0 Å². The summed E-state index contributed by atoms with van der Waals surface area (Å²) in [6.45, 7) is 6.81. The number of pyridine rings is 1. The molecule has 0 bridgehead atoms. The van der Waals surface area contributed by atoms with E-state index in [1.54, 1.807) is 11.1 Å². The van der Waals surface area contributed by atoms with Gasteiger partial charge in [-0.1, -0.05) is 18.2 Å². The number of anilines is 1. The number of carbonyl (C=O) groups excluding carboxylic acids is 1. The summed E-state index contributed by atoms with van der Waals surface area (Å²) in [5, 5.41) is 3.35. The van der Waals surface area contributed by atoms with Crippen LogP contribution in [0.4, 0.5) is 5.69 Å². The molecule has 0 aliphatic carbocycles. The first-order chi connectivity index (χ1) is 13.1. The average molecular weight is 368 g/mol. The van der Waals surface area contributed by atoms with Crippen LogP contribution >= 0.6 is 0 Å². The number of nitrogens with zero attached hydrogens (tertiary/aromatic N) is 3. The predicted octanol–water partition coefficient (Wildman–Crippen LogP) is 2.49. The average Bonchev–Trinajstić information content (AvgIpc) is 2.73. The van der Waals surface area contributed by atoms with Gasteiger partial charge in [-0.15, -0.1) is 0 Å². The van der Waals surface area contributed by atoms with Crippen LogP contribution in [0.1, 0.15) is 23.0 Å². The second-order valence-electron chi connectivity index (χ2n) is 6.90. The zero-order chi connectivity index (χ0) is 19.1. The van der Waals surface area contributed by atoms with Gasteiger partial charge in [0.2, 0.25) is 0 Å². The summed E-state index contributed by atoms with van der Waals surface area (Å²) in [6, 6.07) is 13.8. The van der Waals surface area contributed by atoms with E-state index in [4.69, 9.17) is 4.74 Å². The van der Waals surface area contributed by atoms with Crippen LogP contribution in [-0.4, -0.2) is 66.6 Å². The summed E-state index contributed by atoms with van der Waals surface area (Å²) in [5.41, 5.74) is 2.46. The zero-order valence-corrected chi connectivity index (χ0v) is 16.1. The molecule has 0 spiro atoms. The van der Waals surface area contributed by atoms with Gasteiger partial charge in [0, 0.05) is 44.6 Å². The van der Waals surface area contributed by atoms with E-state index in [2.05, 4.69) is 22.1 Å². The molecule has 0 saturated carbocycles. The van der Waals surface area contributed by atoms with Gasteiger partial charge in [0.05, 0.1) is 31.0 Å². The van der Waals surface area contributed by atoms with Crippen LogP contribution in [0.2, 0.25) is 0 Å². The Labute approximate surface area is 161 Å². The minimum atomic E-state index is 0.0271. The summed E-state index contributed by atoms with van der Waals surface area (Å²) < 4.78 is 5.42. The molecule has 1 unspecified atom stereocenters. The third-order valence-corrected chi connectivity index (χ3v) is 4.90. The molecule has 2 heterocycles. The van der Waals surface area contributed by atoms with Gasteiger partial charge < -0.3 is 15.0 Å². The lowest BCUT2D eigenvalue weighted by Crippen LogP contribution is -2.47. The molecular formula is C21H28N4O2. The minimum absolute atomic E-state index is 0.0271. The number of morpholine rings is 1. The van der Waals surface area contributed by atoms with Crippen LogP contribution in [0.3, 0.4) is 0 Å². The van der Waals surface area contributed by atoms with Crippen molar-refractivity contribution in [3.8, 4) is 0 Å². The molecular weight excluding hydrogens is 340 g/mol. The first-order valence-corrected chi connectivity index (χ1v) is 9.45. The molecule has 1 aromatic heterocycles. The van der Waals surface area contributed by atoms with Gasteiger partial charge in [0.25, 0.3) is 5.91 Å². The SMILES string of the molecule is CC(CN(C)C(=O)c1ccccc1NCc1ccccn1)N1CCOCC1. The number of hydrogen-bond acceptors (Lipinski definition) is 5. The zero-order valence-electron chi connectivity index (χ0n) is 16.1. The van der Waals surface area contributed by atoms with Crippen LogP contribution in [-0.2, 0) is 11.3 Å². The lowest BCUT2D eigenvalue weighted by Gasteiger charge is -2.34. The van der Waals surface area contributed by atoms with Gasteiger partial charge in [-0.05, 0) is 31.2 Å². The van der Waals surface area contributed by atoms with Crippen molar-refractivity contribution in [1.82, 2.24) is 14.8 Å². The van der Waals surface area contributed by atoms with E-state index in [0.29, 0.717) is 24.7 Å². The predicted molar refractivity (Wildman–Crippen MR) is 107 cm³/mol. The van der Waals surface area contributed by atoms with E-state index >= 15 is 0 Å². The number of aromatic nitrogens is 1. The number of nitrogens with one attached hydrogen (secondary N) is 1. The van der Waals surface area contributed by atoms with Crippen LogP contribution in [0.15, 0.2) is 48.7 Å². The number of hydrogen-bond donors (Lipinski definition) is 1. The molecule has 1 N–H and O–H groups in total. The maximum absolute atomic E-state index is 13.0. The molecule has 1 atom stereocenters. The fourth-order valence-corrected chi connectivity index (χ4v) is 3.33. The first-order valence-electron chi connectivity index (χ1n) is 9.45. The summed E-state index contributed by atoms with van der Waals surface area (Å²) in [5.74, 6) is 0.0271. The molecule has 27 heavy (non-hydrogen) atoms. The van der Waals surface area contributed by atoms with Gasteiger partial charge in [0.1, 0.15) is 0 Å². The van der Waals surface area contributed by atoms with Crippen LogP contribution in [0, 0.1) is 0 Å². The number of amides is 1. The van der Waals surface area contributed by atoms with Crippen molar-refractivity contribution >= 4 is 11.6 Å². The van der Waals surface area contributed by atoms with E-state index in [1.165, 1.54) is 0 Å². The number of rotatable bonds is 7. The molecule has 6 nitrogen and oxygen atoms in total. The Balaban J connectivity index is 1.63. The number of likely N-dealkylation sites (N-methyl/N-ethyl adjacent to an activating group) is 1. The van der Waals surface area contributed by atoms with Gasteiger partial charge >= 0.3 is 0 Å². The Bertz CT molecular complexity index is 732. The fourth-order valence-electron chi connectivity index (χ4n) is 3.33. The number of carbonyl (C=O) groups is 1. The largest absolute Gasteiger partial charge is 0.379 e. The van der Waals surface area contributed by atoms with Crippen molar-refractivity contribution in [1.29, 1.82) is 0 Å². The molecule has 1 aromatic carbocycles. The van der Waals surface area contributed by atoms with E-state index in [0.717, 1.165) is 37.7 Å². The molecule has 1 aliphatic heterocycles. The van der Waals surface area contributed by atoms with Crippen molar-refractivity contribution in [3.05, 3.63) is 59.9 Å². The maximum atomic E-state index is 13.0. The van der Waals surface area contributed by atoms with Gasteiger partial charge in [-0.25, -0.2) is 0 Å². The summed E-state index contributed by atoms with van der Waals surface area (Å²) in [7, 11) is 1.87. The highest BCUT2D eigenvalue weighted by Crippen LogP contribution is 2.18. The lowest BCUT2D eigenvalue weighted by atomic mass is 10.1. The smallest absolute Gasteiger partial charge is 0.255 e. The third-order valence-electron chi connectivity index (χ3n) is 4.90. The molecule has 1 fully saturated rings. The summed E-state index contributed by atoms with van der Waals surface area (Å²) in [6.07, 6.45) is 1.77. The van der Waals surface area contributed by atoms with Crippen molar-refractivity contribution in [3.63, 3.8) is 0 Å². The molecule has 2 aromatic rings. The maximum Gasteiger partial charge on any atom is 0.255 e. The van der Waals surface area contributed by atoms with E-state index in [-0.39, 0.29) is 5.91 Å². The third kappa shape index (κ3) is 5.28. The summed E-state index contributed by atoms with van der Waals surface area (Å²) in [4.78, 5) is 21.5. The van der Waals surface area contributed by atoms with E-state index < -0.39 is 0 Å². The highest BCUT2D eigenvalue weighted by Gasteiger charge is 2.22. The van der Waals surface area contributed by atoms with Gasteiger partial charge in [0.15, 0.2) is 0 Å². The van der Waals surface area contributed by atoms with Crippen molar-refractivity contribution in [2.24, 2.45) is 0 Å². The van der Waals surface area contributed by atoms with Gasteiger partial charge in [-0.3, -0.25) is 14.7 Å². The quantitative estimate of drug-likeness (QED) is 0.814. The second-order valence-corrected chi connectivity index (χ2v) is 6.90. The first kappa shape index (κ1) is 19.3. The second kappa shape index (κ2) is 9.48. The molecule has 1 saturated heterocycles. The minimum Gasteiger partial charge on any atom is -0.379 e. The van der Waals surface area contributed by atoms with Crippen LogP contribution in [0.25, 0.3) is 0 Å². The Hall–Kier alpha value is -2.44. The van der Waals surface area contributed by atoms with Crippen molar-refractivity contribution in [2.75, 3.05) is 45.2 Å². The number of ether oxygens (including phenoxy) is 1. The normalized spacial score (nSPS) is 15.9. The van der Waals surface area contributed by atoms with E-state index in [1.807, 2.05) is 49.5 Å². The molecule has 0 radical (unpaired) electrons. The van der Waals surface area contributed by atoms with Crippen molar-refractivity contribution in [2.45, 2.75) is 19.5 Å².